The molecular formula is C13H23NO3. The number of carbonyl (C=O) groups is 1. The fourth-order valence-electron chi connectivity index (χ4n) is 1.64. The molecule has 0 saturated carbocycles. The molecule has 17 heavy (non-hydrogen) atoms. The smallest absolute Gasteiger partial charge is 0.411 e. The van der Waals surface area contributed by atoms with Crippen molar-refractivity contribution in [1.29, 1.82) is 0 Å². The predicted molar refractivity (Wildman–Crippen MR) is 67.0 cm³/mol. The van der Waals surface area contributed by atoms with E-state index in [-0.39, 0.29) is 11.6 Å². The molecule has 0 radical (unpaired) electrons. The van der Waals surface area contributed by atoms with Gasteiger partial charge >= 0.3 is 6.09 Å². The molecule has 1 fully saturated rings. The van der Waals surface area contributed by atoms with Crippen LogP contribution < -0.4 is 0 Å². The van der Waals surface area contributed by atoms with Gasteiger partial charge in [0.05, 0.1) is 18.8 Å². The molecule has 1 heterocycles. The van der Waals surface area contributed by atoms with Crippen LogP contribution in [-0.4, -0.2) is 41.9 Å². The molecule has 0 aliphatic carbocycles. The molecule has 0 aromatic heterocycles. The van der Waals surface area contributed by atoms with E-state index in [1.54, 1.807) is 4.90 Å². The van der Waals surface area contributed by atoms with Crippen molar-refractivity contribution in [3.63, 3.8) is 0 Å². The van der Waals surface area contributed by atoms with Crippen LogP contribution in [0.2, 0.25) is 0 Å². The Kier molecular flexibility index (Phi) is 3.87. The minimum atomic E-state index is -0.484. The largest absolute Gasteiger partial charge is 0.444 e. The summed E-state index contributed by atoms with van der Waals surface area (Å²) in [6.07, 6.45) is -0.311. The summed E-state index contributed by atoms with van der Waals surface area (Å²) >= 11 is 0. The monoisotopic (exact) mass is 241 g/mol. The summed E-state index contributed by atoms with van der Waals surface area (Å²) < 4.78 is 10.9. The molecule has 1 saturated heterocycles. The number of hydrogen-bond acceptors (Lipinski definition) is 3. The Balaban J connectivity index is 2.83. The third-order valence-corrected chi connectivity index (χ3v) is 2.49. The highest BCUT2D eigenvalue weighted by Crippen LogP contribution is 2.23. The van der Waals surface area contributed by atoms with Gasteiger partial charge in [0.15, 0.2) is 0 Å². The first kappa shape index (κ1) is 14.0. The van der Waals surface area contributed by atoms with Crippen molar-refractivity contribution in [1.82, 2.24) is 4.90 Å². The minimum absolute atomic E-state index is 0.311. The van der Waals surface area contributed by atoms with Gasteiger partial charge in [0, 0.05) is 6.54 Å². The maximum atomic E-state index is 12.1. The summed E-state index contributed by atoms with van der Waals surface area (Å²) in [7, 11) is 0. The summed E-state index contributed by atoms with van der Waals surface area (Å²) in [5.74, 6) is 0. The van der Waals surface area contributed by atoms with Crippen LogP contribution in [0.1, 0.15) is 34.6 Å². The van der Waals surface area contributed by atoms with Crippen molar-refractivity contribution in [2.24, 2.45) is 0 Å². The lowest BCUT2D eigenvalue weighted by Gasteiger charge is -2.37. The molecule has 1 aliphatic heterocycles. The van der Waals surface area contributed by atoms with Crippen LogP contribution in [0.15, 0.2) is 12.2 Å². The summed E-state index contributed by atoms with van der Waals surface area (Å²) in [4.78, 5) is 13.8. The van der Waals surface area contributed by atoms with Gasteiger partial charge in [-0.1, -0.05) is 6.58 Å². The molecule has 0 spiro atoms. The highest BCUT2D eigenvalue weighted by atomic mass is 16.6. The van der Waals surface area contributed by atoms with Gasteiger partial charge in [-0.3, -0.25) is 4.90 Å². The molecule has 4 heteroatoms. The van der Waals surface area contributed by atoms with E-state index >= 15 is 0 Å². The molecule has 1 aliphatic rings. The van der Waals surface area contributed by atoms with E-state index in [1.807, 2.05) is 34.6 Å². The van der Waals surface area contributed by atoms with Crippen LogP contribution in [0.3, 0.4) is 0 Å². The van der Waals surface area contributed by atoms with E-state index in [9.17, 15) is 4.79 Å². The van der Waals surface area contributed by atoms with E-state index in [1.165, 1.54) is 0 Å². The standard InChI is InChI=1S/C13H23NO3/c1-10-7-14(11(15)17-12(2,3)4)13(5,6)9-16-8-10/h1,7-9H2,2-6H3. The van der Waals surface area contributed by atoms with Gasteiger partial charge < -0.3 is 9.47 Å². The average Bonchev–Trinajstić information content (AvgIpc) is 2.22. The summed E-state index contributed by atoms with van der Waals surface area (Å²) in [5, 5.41) is 0. The number of rotatable bonds is 0. The Labute approximate surface area is 104 Å². The predicted octanol–water partition coefficient (Wildman–Crippen LogP) is 2.59. The Morgan fingerprint density at radius 1 is 1.47 bits per heavy atom. The van der Waals surface area contributed by atoms with Crippen LogP contribution in [0, 0.1) is 0 Å². The molecule has 0 N–H and O–H groups in total. The molecule has 0 atom stereocenters. The normalized spacial score (nSPS) is 21.0. The topological polar surface area (TPSA) is 38.8 Å². The zero-order valence-corrected chi connectivity index (χ0v) is 11.5. The lowest BCUT2D eigenvalue weighted by Crippen LogP contribution is -2.51. The van der Waals surface area contributed by atoms with Crippen molar-refractivity contribution in [3.8, 4) is 0 Å². The second-order valence-corrected chi connectivity index (χ2v) is 6.12. The van der Waals surface area contributed by atoms with Crippen molar-refractivity contribution in [2.45, 2.75) is 45.8 Å². The molecule has 98 valence electrons. The first-order valence-corrected chi connectivity index (χ1v) is 5.87. The van der Waals surface area contributed by atoms with Crippen LogP contribution in [0.5, 0.6) is 0 Å². The molecule has 0 unspecified atom stereocenters. The minimum Gasteiger partial charge on any atom is -0.444 e. The first-order chi connectivity index (χ1) is 7.62. The van der Waals surface area contributed by atoms with Crippen molar-refractivity contribution < 1.29 is 14.3 Å². The zero-order chi connectivity index (χ0) is 13.3. The fourth-order valence-corrected chi connectivity index (χ4v) is 1.64. The lowest BCUT2D eigenvalue weighted by atomic mass is 10.0. The van der Waals surface area contributed by atoms with Gasteiger partial charge in [0.25, 0.3) is 0 Å². The fraction of sp³-hybridized carbons (Fsp3) is 0.769. The third kappa shape index (κ3) is 4.04. The SMILES string of the molecule is C=C1COCC(C)(C)N(C(=O)OC(C)(C)C)C1. The number of nitrogens with zero attached hydrogens (tertiary/aromatic N) is 1. The van der Waals surface area contributed by atoms with E-state index in [4.69, 9.17) is 9.47 Å². The van der Waals surface area contributed by atoms with Gasteiger partial charge in [-0.15, -0.1) is 0 Å². The van der Waals surface area contributed by atoms with Gasteiger partial charge in [-0.25, -0.2) is 4.79 Å². The summed E-state index contributed by atoms with van der Waals surface area (Å²) in [5.41, 5.74) is 0.0325. The number of carbonyl (C=O) groups excluding carboxylic acids is 1. The number of ether oxygens (including phenoxy) is 2. The molecule has 0 bridgehead atoms. The Morgan fingerprint density at radius 2 is 2.06 bits per heavy atom. The van der Waals surface area contributed by atoms with Gasteiger partial charge in [-0.05, 0) is 40.2 Å². The van der Waals surface area contributed by atoms with Crippen molar-refractivity contribution >= 4 is 6.09 Å². The number of hydrogen-bond donors (Lipinski definition) is 0. The molecule has 1 rings (SSSR count). The molecule has 1 amide bonds. The molecular weight excluding hydrogens is 218 g/mol. The zero-order valence-electron chi connectivity index (χ0n) is 11.5. The third-order valence-electron chi connectivity index (χ3n) is 2.49. The van der Waals surface area contributed by atoms with Crippen molar-refractivity contribution in [3.05, 3.63) is 12.2 Å². The number of amides is 1. The van der Waals surface area contributed by atoms with E-state index < -0.39 is 5.60 Å². The van der Waals surface area contributed by atoms with Gasteiger partial charge in [-0.2, -0.15) is 0 Å². The summed E-state index contributed by atoms with van der Waals surface area (Å²) in [6, 6.07) is 0. The van der Waals surface area contributed by atoms with Crippen LogP contribution in [0.4, 0.5) is 4.79 Å². The maximum absolute atomic E-state index is 12.1. The quantitative estimate of drug-likeness (QED) is 0.612. The van der Waals surface area contributed by atoms with Gasteiger partial charge in [0.2, 0.25) is 0 Å². The Morgan fingerprint density at radius 3 is 2.59 bits per heavy atom. The van der Waals surface area contributed by atoms with Crippen LogP contribution in [-0.2, 0) is 9.47 Å². The van der Waals surface area contributed by atoms with Crippen LogP contribution in [0.25, 0.3) is 0 Å². The van der Waals surface area contributed by atoms with Crippen molar-refractivity contribution in [2.75, 3.05) is 19.8 Å². The maximum Gasteiger partial charge on any atom is 0.411 e. The van der Waals surface area contributed by atoms with Crippen LogP contribution >= 0.6 is 0 Å². The van der Waals surface area contributed by atoms with E-state index in [0.29, 0.717) is 19.8 Å². The highest BCUT2D eigenvalue weighted by Gasteiger charge is 2.36. The Bertz CT molecular complexity index is 315. The Hall–Kier alpha value is -1.03. The van der Waals surface area contributed by atoms with E-state index in [2.05, 4.69) is 6.58 Å². The second-order valence-electron chi connectivity index (χ2n) is 6.12. The van der Waals surface area contributed by atoms with Gasteiger partial charge in [0.1, 0.15) is 5.60 Å². The second kappa shape index (κ2) is 4.69. The average molecular weight is 241 g/mol. The highest BCUT2D eigenvalue weighted by molar-refractivity contribution is 5.69. The molecule has 0 aromatic carbocycles. The van der Waals surface area contributed by atoms with E-state index in [0.717, 1.165) is 5.57 Å². The lowest BCUT2D eigenvalue weighted by molar-refractivity contribution is -0.00580. The summed E-state index contributed by atoms with van der Waals surface area (Å²) in [6.45, 7) is 14.9. The molecule has 4 nitrogen and oxygen atoms in total. The molecule has 0 aromatic rings. The first-order valence-electron chi connectivity index (χ1n) is 5.87.